The van der Waals surface area contributed by atoms with Gasteiger partial charge in [-0.2, -0.15) is 8.32 Å². The predicted octanol–water partition coefficient (Wildman–Crippen LogP) is 1.97. The first-order chi connectivity index (χ1) is 14.4. The summed E-state index contributed by atoms with van der Waals surface area (Å²) in [5.41, 5.74) is 1.33. The quantitative estimate of drug-likeness (QED) is 0.117. The van der Waals surface area contributed by atoms with Gasteiger partial charge in [-0.3, -0.25) is 9.59 Å². The molecule has 3 aromatic rings. The number of aliphatic hydroxyl groups is 1. The lowest BCUT2D eigenvalue weighted by Gasteiger charge is -2.16. The van der Waals surface area contributed by atoms with E-state index in [-0.39, 0.29) is 24.6 Å². The number of H-pyrrole nitrogens is 2. The highest BCUT2D eigenvalue weighted by Crippen LogP contribution is 2.31. The fourth-order valence-electron chi connectivity index (χ4n) is 2.61. The SMILES string of the molecule is CC(=O)/C(=N/N(I)c1ccccc1OCCO)C(=O)Nc1ccc2[nH]c(=O)[nH]c2c1. The number of rotatable bonds is 8. The number of hydrogen-bond acceptors (Lipinski definition) is 7. The van der Waals surface area contributed by atoms with Crippen LogP contribution in [0, 0.1) is 0 Å². The first kappa shape index (κ1) is 21.5. The molecule has 0 fully saturated rings. The van der Waals surface area contributed by atoms with Gasteiger partial charge in [0.25, 0.3) is 5.91 Å². The summed E-state index contributed by atoms with van der Waals surface area (Å²) in [6.07, 6.45) is 0. The summed E-state index contributed by atoms with van der Waals surface area (Å²) >= 11 is 1.84. The van der Waals surface area contributed by atoms with Crippen molar-refractivity contribution >= 4 is 62.7 Å². The molecule has 30 heavy (non-hydrogen) atoms. The highest BCUT2D eigenvalue weighted by Gasteiger charge is 2.20. The Morgan fingerprint density at radius 3 is 2.67 bits per heavy atom. The van der Waals surface area contributed by atoms with Crippen molar-refractivity contribution in [1.82, 2.24) is 9.97 Å². The molecule has 0 saturated carbocycles. The van der Waals surface area contributed by atoms with Gasteiger partial charge in [-0.25, -0.2) is 4.79 Å². The molecule has 0 atom stereocenters. The summed E-state index contributed by atoms with van der Waals surface area (Å²) < 4.78 is 6.79. The molecule has 0 aliphatic carbocycles. The van der Waals surface area contributed by atoms with Crippen LogP contribution >= 0.6 is 22.9 Å². The number of imidazole rings is 1. The number of aliphatic hydroxyl groups excluding tert-OH is 1. The second kappa shape index (κ2) is 9.54. The molecule has 156 valence electrons. The normalized spacial score (nSPS) is 11.4. The van der Waals surface area contributed by atoms with Crippen molar-refractivity contribution < 1.29 is 19.4 Å². The lowest BCUT2D eigenvalue weighted by atomic mass is 10.2. The number of hydrogen-bond donors (Lipinski definition) is 4. The van der Waals surface area contributed by atoms with E-state index in [1.165, 1.54) is 10.1 Å². The first-order valence-corrected chi connectivity index (χ1v) is 9.77. The predicted molar refractivity (Wildman–Crippen MR) is 121 cm³/mol. The van der Waals surface area contributed by atoms with Crippen LogP contribution in [0.2, 0.25) is 0 Å². The van der Waals surface area contributed by atoms with Crippen molar-refractivity contribution in [2.24, 2.45) is 5.10 Å². The Morgan fingerprint density at radius 1 is 1.20 bits per heavy atom. The number of anilines is 2. The third-order valence-electron chi connectivity index (χ3n) is 3.92. The van der Waals surface area contributed by atoms with Crippen molar-refractivity contribution in [1.29, 1.82) is 0 Å². The number of halogens is 1. The lowest BCUT2D eigenvalue weighted by Crippen LogP contribution is -2.30. The van der Waals surface area contributed by atoms with Gasteiger partial charge in [0.15, 0.2) is 11.5 Å². The minimum absolute atomic E-state index is 0.0922. The maximum absolute atomic E-state index is 12.7. The Labute approximate surface area is 184 Å². The zero-order valence-electron chi connectivity index (χ0n) is 15.8. The molecule has 0 spiro atoms. The summed E-state index contributed by atoms with van der Waals surface area (Å²) in [5.74, 6) is -0.788. The Morgan fingerprint density at radius 2 is 1.93 bits per heavy atom. The van der Waals surface area contributed by atoms with Crippen LogP contribution in [0.3, 0.4) is 0 Å². The van der Waals surface area contributed by atoms with Crippen LogP contribution in [-0.2, 0) is 9.59 Å². The molecule has 11 heteroatoms. The van der Waals surface area contributed by atoms with E-state index in [0.717, 1.165) is 0 Å². The van der Waals surface area contributed by atoms with Crippen molar-refractivity contribution in [2.45, 2.75) is 6.92 Å². The second-order valence-electron chi connectivity index (χ2n) is 6.10. The number of nitrogens with zero attached hydrogens (tertiary/aromatic N) is 2. The molecule has 10 nitrogen and oxygen atoms in total. The van der Waals surface area contributed by atoms with Gasteiger partial charge in [-0.15, -0.1) is 0 Å². The van der Waals surface area contributed by atoms with Gasteiger partial charge in [0.2, 0.25) is 0 Å². The minimum Gasteiger partial charge on any atom is -0.489 e. The van der Waals surface area contributed by atoms with Crippen molar-refractivity contribution in [3.05, 3.63) is 52.9 Å². The van der Waals surface area contributed by atoms with E-state index in [2.05, 4.69) is 20.4 Å². The zero-order valence-corrected chi connectivity index (χ0v) is 18.0. The lowest BCUT2D eigenvalue weighted by molar-refractivity contribution is -0.114. The molecule has 0 radical (unpaired) electrons. The number of aromatic amines is 2. The molecule has 4 N–H and O–H groups in total. The molecule has 0 aliphatic heterocycles. The van der Waals surface area contributed by atoms with Crippen LogP contribution < -0.4 is 19.0 Å². The first-order valence-electron chi connectivity index (χ1n) is 8.80. The van der Waals surface area contributed by atoms with E-state index in [1.807, 2.05) is 22.9 Å². The number of carbonyl (C=O) groups excluding carboxylic acids is 2. The molecular formula is C19H18IN5O5. The van der Waals surface area contributed by atoms with Gasteiger partial charge in [-0.05, 0) is 30.3 Å². The number of aromatic nitrogens is 2. The number of carbonyl (C=O) groups is 2. The van der Waals surface area contributed by atoms with E-state index in [0.29, 0.717) is 28.2 Å². The average molecular weight is 523 g/mol. The van der Waals surface area contributed by atoms with Gasteiger partial charge in [0, 0.05) is 12.6 Å². The molecule has 1 amide bonds. The fourth-order valence-corrected chi connectivity index (χ4v) is 3.22. The molecule has 0 saturated heterocycles. The van der Waals surface area contributed by atoms with Gasteiger partial charge in [-0.1, -0.05) is 12.1 Å². The third-order valence-corrected chi connectivity index (χ3v) is 4.66. The Bertz CT molecular complexity index is 1170. The van der Waals surface area contributed by atoms with E-state index < -0.39 is 11.7 Å². The number of hydrazone groups is 1. The van der Waals surface area contributed by atoms with E-state index in [9.17, 15) is 14.4 Å². The average Bonchev–Trinajstić information content (AvgIpc) is 3.09. The highest BCUT2D eigenvalue weighted by atomic mass is 127. The molecule has 1 heterocycles. The summed E-state index contributed by atoms with van der Waals surface area (Å²) in [4.78, 5) is 41.3. The summed E-state index contributed by atoms with van der Waals surface area (Å²) in [5, 5.41) is 15.7. The van der Waals surface area contributed by atoms with Crippen LogP contribution in [0.25, 0.3) is 11.0 Å². The van der Waals surface area contributed by atoms with E-state index in [4.69, 9.17) is 9.84 Å². The highest BCUT2D eigenvalue weighted by molar-refractivity contribution is 14.1. The molecule has 0 aliphatic rings. The van der Waals surface area contributed by atoms with Crippen LogP contribution in [0.4, 0.5) is 11.4 Å². The molecular weight excluding hydrogens is 505 g/mol. The number of para-hydroxylation sites is 2. The topological polar surface area (TPSA) is 140 Å². The van der Waals surface area contributed by atoms with Gasteiger partial charge in [0.05, 0.1) is 40.5 Å². The summed E-state index contributed by atoms with van der Waals surface area (Å²) in [7, 11) is 0. The van der Waals surface area contributed by atoms with Crippen molar-refractivity contribution in [3.8, 4) is 5.75 Å². The molecule has 2 aromatic carbocycles. The third kappa shape index (κ3) is 5.04. The van der Waals surface area contributed by atoms with Crippen LogP contribution in [-0.4, -0.2) is 45.7 Å². The van der Waals surface area contributed by atoms with Gasteiger partial charge in [0.1, 0.15) is 18.0 Å². The minimum atomic E-state index is -0.699. The van der Waals surface area contributed by atoms with Gasteiger partial charge < -0.3 is 25.1 Å². The number of nitrogens with one attached hydrogen (secondary N) is 3. The van der Waals surface area contributed by atoms with Crippen molar-refractivity contribution in [3.63, 3.8) is 0 Å². The number of fused-ring (bicyclic) bond motifs is 1. The number of ether oxygens (including phenoxy) is 1. The van der Waals surface area contributed by atoms with E-state index >= 15 is 0 Å². The van der Waals surface area contributed by atoms with Crippen LogP contribution in [0.5, 0.6) is 5.75 Å². The largest absolute Gasteiger partial charge is 0.489 e. The Hall–Kier alpha value is -3.19. The van der Waals surface area contributed by atoms with E-state index in [1.54, 1.807) is 42.5 Å². The second-order valence-corrected chi connectivity index (χ2v) is 7.01. The Balaban J connectivity index is 1.85. The monoisotopic (exact) mass is 523 g/mol. The summed E-state index contributed by atoms with van der Waals surface area (Å²) in [6.45, 7) is 1.18. The number of ketones is 1. The molecule has 3 rings (SSSR count). The summed E-state index contributed by atoms with van der Waals surface area (Å²) in [6, 6.07) is 11.7. The van der Waals surface area contributed by atoms with Crippen molar-refractivity contribution in [2.75, 3.05) is 21.8 Å². The maximum Gasteiger partial charge on any atom is 0.323 e. The standard InChI is InChI=1S/C19H18IN5O5/c1-11(27)17(24-25(20)15-4-2-3-5-16(15)30-9-8-26)18(28)21-12-6-7-13-14(10-12)23-19(29)22-13/h2-7,10,26H,8-9H2,1H3,(H,21,28)(H2,22,23,29)/b24-17-. The molecule has 0 unspecified atom stereocenters. The van der Waals surface area contributed by atoms with Gasteiger partial charge >= 0.3 is 5.69 Å². The van der Waals surface area contributed by atoms with Crippen LogP contribution in [0.15, 0.2) is 52.4 Å². The van der Waals surface area contributed by atoms with Crippen LogP contribution in [0.1, 0.15) is 6.92 Å². The number of benzene rings is 2. The molecule has 1 aromatic heterocycles. The number of Topliss-reactive ketones (excluding diaryl/α,β-unsaturated/α-hetero) is 1. The smallest absolute Gasteiger partial charge is 0.323 e. The maximum atomic E-state index is 12.7. The fraction of sp³-hybridized carbons (Fsp3) is 0.158. The number of amides is 1. The zero-order chi connectivity index (χ0) is 21.7. The Kier molecular flexibility index (Phi) is 6.84. The molecule has 0 bridgehead atoms.